The van der Waals surface area contributed by atoms with Gasteiger partial charge in [-0.15, -0.1) is 24.0 Å². The summed E-state index contributed by atoms with van der Waals surface area (Å²) < 4.78 is 0. The van der Waals surface area contributed by atoms with E-state index in [-0.39, 0.29) is 24.0 Å². The molecule has 9 heteroatoms. The van der Waals surface area contributed by atoms with Gasteiger partial charge in [-0.1, -0.05) is 6.42 Å². The lowest BCUT2D eigenvalue weighted by atomic mass is 10.0. The van der Waals surface area contributed by atoms with Gasteiger partial charge in [-0.2, -0.15) is 0 Å². The summed E-state index contributed by atoms with van der Waals surface area (Å²) >= 11 is 0. The SMILES string of the molecule is CN=C(NCCCN1CCN(c2ncccn2)CC1)NCCCN1CCCCC1C.I. The van der Waals surface area contributed by atoms with Crippen LogP contribution in [0.15, 0.2) is 23.5 Å². The van der Waals surface area contributed by atoms with Gasteiger partial charge in [0, 0.05) is 71.3 Å². The van der Waals surface area contributed by atoms with Crippen LogP contribution in [0.3, 0.4) is 0 Å². The van der Waals surface area contributed by atoms with Crippen molar-refractivity contribution in [1.29, 1.82) is 0 Å². The molecule has 0 radical (unpaired) electrons. The largest absolute Gasteiger partial charge is 0.356 e. The van der Waals surface area contributed by atoms with Crippen LogP contribution in [0.5, 0.6) is 0 Å². The molecule has 0 aromatic carbocycles. The van der Waals surface area contributed by atoms with Gasteiger partial charge in [-0.25, -0.2) is 9.97 Å². The minimum atomic E-state index is 0. The number of hydrogen-bond donors (Lipinski definition) is 2. The molecule has 1 unspecified atom stereocenters. The van der Waals surface area contributed by atoms with Crippen molar-refractivity contribution in [3.05, 3.63) is 18.5 Å². The van der Waals surface area contributed by atoms with Crippen molar-refractivity contribution in [1.82, 2.24) is 30.4 Å². The molecule has 0 saturated carbocycles. The highest BCUT2D eigenvalue weighted by molar-refractivity contribution is 14.0. The normalized spacial score (nSPS) is 20.9. The third-order valence-corrected chi connectivity index (χ3v) is 6.23. The summed E-state index contributed by atoms with van der Waals surface area (Å²) in [5.74, 6) is 1.77. The van der Waals surface area contributed by atoms with Crippen LogP contribution >= 0.6 is 24.0 Å². The van der Waals surface area contributed by atoms with E-state index in [0.717, 1.165) is 70.2 Å². The average Bonchev–Trinajstić information content (AvgIpc) is 2.80. The van der Waals surface area contributed by atoms with Crippen LogP contribution in [-0.4, -0.2) is 97.7 Å². The van der Waals surface area contributed by atoms with Crippen LogP contribution in [0.1, 0.15) is 39.0 Å². The Hall–Kier alpha value is -1.20. The monoisotopic (exact) mass is 544 g/mol. The Labute approximate surface area is 205 Å². The van der Waals surface area contributed by atoms with E-state index in [1.165, 1.54) is 38.8 Å². The molecule has 176 valence electrons. The zero-order chi connectivity index (χ0) is 21.0. The van der Waals surface area contributed by atoms with Gasteiger partial charge < -0.3 is 20.4 Å². The molecule has 2 fully saturated rings. The molecule has 2 aliphatic rings. The van der Waals surface area contributed by atoms with Crippen LogP contribution in [0.4, 0.5) is 5.95 Å². The molecular formula is C22H41IN8. The summed E-state index contributed by atoms with van der Waals surface area (Å²) in [4.78, 5) is 20.5. The molecule has 2 saturated heterocycles. The molecule has 1 aromatic rings. The number of piperidine rings is 1. The van der Waals surface area contributed by atoms with Crippen LogP contribution in [0.2, 0.25) is 0 Å². The minimum absolute atomic E-state index is 0. The number of anilines is 1. The van der Waals surface area contributed by atoms with E-state index in [4.69, 9.17) is 0 Å². The van der Waals surface area contributed by atoms with E-state index in [2.05, 4.69) is 47.2 Å². The summed E-state index contributed by atoms with van der Waals surface area (Å²) in [6.07, 6.45) is 10.0. The molecule has 31 heavy (non-hydrogen) atoms. The molecule has 0 amide bonds. The second kappa shape index (κ2) is 14.8. The summed E-state index contributed by atoms with van der Waals surface area (Å²) in [7, 11) is 1.85. The first kappa shape index (κ1) is 26.1. The second-order valence-electron chi connectivity index (χ2n) is 8.39. The predicted molar refractivity (Wildman–Crippen MR) is 140 cm³/mol. The quantitative estimate of drug-likeness (QED) is 0.214. The Balaban J connectivity index is 0.00000341. The van der Waals surface area contributed by atoms with E-state index in [0.29, 0.717) is 0 Å². The summed E-state index contributed by atoms with van der Waals surface area (Å²) in [5, 5.41) is 6.92. The molecular weight excluding hydrogens is 503 g/mol. The Morgan fingerprint density at radius 3 is 2.32 bits per heavy atom. The minimum Gasteiger partial charge on any atom is -0.356 e. The van der Waals surface area contributed by atoms with Gasteiger partial charge in [0.2, 0.25) is 5.95 Å². The molecule has 0 spiro atoms. The summed E-state index contributed by atoms with van der Waals surface area (Å²) in [6, 6.07) is 2.61. The summed E-state index contributed by atoms with van der Waals surface area (Å²) in [5.41, 5.74) is 0. The highest BCUT2D eigenvalue weighted by Crippen LogP contribution is 2.16. The third kappa shape index (κ3) is 9.05. The maximum absolute atomic E-state index is 4.36. The number of likely N-dealkylation sites (tertiary alicyclic amines) is 1. The smallest absolute Gasteiger partial charge is 0.225 e. The number of rotatable bonds is 9. The van der Waals surface area contributed by atoms with Gasteiger partial charge >= 0.3 is 0 Å². The molecule has 2 N–H and O–H groups in total. The number of nitrogens with zero attached hydrogens (tertiary/aromatic N) is 6. The fraction of sp³-hybridized carbons (Fsp3) is 0.773. The van der Waals surface area contributed by atoms with Crippen LogP contribution in [0.25, 0.3) is 0 Å². The summed E-state index contributed by atoms with van der Waals surface area (Å²) in [6.45, 7) is 12.0. The van der Waals surface area contributed by atoms with Gasteiger partial charge in [0.05, 0.1) is 0 Å². The molecule has 1 atom stereocenters. The van der Waals surface area contributed by atoms with Crippen molar-refractivity contribution in [2.24, 2.45) is 4.99 Å². The lowest BCUT2D eigenvalue weighted by Crippen LogP contribution is -2.47. The number of aromatic nitrogens is 2. The standard InChI is InChI=1S/C22H40N8.HI/c1-20-8-3-4-14-29(20)15-7-12-25-21(23-2)24-11-6-13-28-16-18-30(19-17-28)22-26-9-5-10-27-22;/h5,9-10,20H,3-4,6-8,11-19H2,1-2H3,(H2,23,24,25);1H. The van der Waals surface area contributed by atoms with Gasteiger partial charge in [-0.3, -0.25) is 9.89 Å². The Morgan fingerprint density at radius 1 is 1.00 bits per heavy atom. The lowest BCUT2D eigenvalue weighted by molar-refractivity contribution is 0.159. The van der Waals surface area contributed by atoms with Crippen molar-refractivity contribution in [2.45, 2.75) is 45.1 Å². The maximum atomic E-state index is 4.36. The second-order valence-corrected chi connectivity index (χ2v) is 8.39. The molecule has 1 aromatic heterocycles. The highest BCUT2D eigenvalue weighted by atomic mass is 127. The molecule has 2 aliphatic heterocycles. The van der Waals surface area contributed by atoms with Crippen molar-refractivity contribution in [2.75, 3.05) is 70.9 Å². The van der Waals surface area contributed by atoms with Crippen molar-refractivity contribution >= 4 is 35.9 Å². The Kier molecular flexibility index (Phi) is 12.4. The molecule has 0 bridgehead atoms. The Morgan fingerprint density at radius 2 is 1.68 bits per heavy atom. The predicted octanol–water partition coefficient (Wildman–Crippen LogP) is 2.04. The van der Waals surface area contributed by atoms with Crippen LogP contribution in [0, 0.1) is 0 Å². The maximum Gasteiger partial charge on any atom is 0.225 e. The topological polar surface area (TPSA) is 71.9 Å². The molecule has 3 rings (SSSR count). The number of piperazine rings is 1. The van der Waals surface area contributed by atoms with Gasteiger partial charge in [-0.05, 0) is 51.8 Å². The van der Waals surface area contributed by atoms with Gasteiger partial charge in [0.15, 0.2) is 5.96 Å². The zero-order valence-electron chi connectivity index (χ0n) is 19.3. The first-order chi connectivity index (χ1) is 14.8. The van der Waals surface area contributed by atoms with E-state index in [1.54, 1.807) is 0 Å². The van der Waals surface area contributed by atoms with Crippen LogP contribution in [-0.2, 0) is 0 Å². The van der Waals surface area contributed by atoms with Crippen molar-refractivity contribution in [3.8, 4) is 0 Å². The average molecular weight is 545 g/mol. The third-order valence-electron chi connectivity index (χ3n) is 6.23. The van der Waals surface area contributed by atoms with E-state index in [9.17, 15) is 0 Å². The van der Waals surface area contributed by atoms with E-state index >= 15 is 0 Å². The Bertz CT molecular complexity index is 621. The number of halogens is 1. The van der Waals surface area contributed by atoms with Gasteiger partial charge in [0.25, 0.3) is 0 Å². The molecule has 0 aliphatic carbocycles. The molecule has 8 nitrogen and oxygen atoms in total. The first-order valence-electron chi connectivity index (χ1n) is 11.7. The first-order valence-corrected chi connectivity index (χ1v) is 11.7. The van der Waals surface area contributed by atoms with Gasteiger partial charge in [0.1, 0.15) is 0 Å². The fourth-order valence-corrected chi connectivity index (χ4v) is 4.33. The lowest BCUT2D eigenvalue weighted by Gasteiger charge is -2.34. The molecule has 3 heterocycles. The van der Waals surface area contributed by atoms with Crippen molar-refractivity contribution in [3.63, 3.8) is 0 Å². The number of nitrogens with one attached hydrogen (secondary N) is 2. The number of hydrogen-bond acceptors (Lipinski definition) is 6. The van der Waals surface area contributed by atoms with Crippen molar-refractivity contribution < 1.29 is 0 Å². The number of aliphatic imine (C=N–C) groups is 1. The number of guanidine groups is 1. The van der Waals surface area contributed by atoms with E-state index in [1.807, 2.05) is 25.5 Å². The zero-order valence-corrected chi connectivity index (χ0v) is 21.6. The van der Waals surface area contributed by atoms with Crippen LogP contribution < -0.4 is 15.5 Å². The highest BCUT2D eigenvalue weighted by Gasteiger charge is 2.18. The van der Waals surface area contributed by atoms with E-state index < -0.39 is 0 Å². The fourth-order valence-electron chi connectivity index (χ4n) is 4.33.